The van der Waals surface area contributed by atoms with Gasteiger partial charge in [0.1, 0.15) is 11.9 Å². The second-order valence-corrected chi connectivity index (χ2v) is 4.88. The lowest BCUT2D eigenvalue weighted by atomic mass is 9.98. The molecule has 1 aromatic rings. The van der Waals surface area contributed by atoms with Gasteiger partial charge in [-0.05, 0) is 49.5 Å². The molecule has 1 aliphatic rings. The number of hydrogen-bond donors (Lipinski definition) is 0. The lowest BCUT2D eigenvalue weighted by Crippen LogP contribution is -2.32. The topological polar surface area (TPSA) is 27.0 Å². The first-order valence-electron chi connectivity index (χ1n) is 6.10. The van der Waals surface area contributed by atoms with Gasteiger partial charge in [-0.1, -0.05) is 13.0 Å². The lowest BCUT2D eigenvalue weighted by Gasteiger charge is -2.30. The van der Waals surface area contributed by atoms with E-state index in [0.29, 0.717) is 0 Å². The number of nitriles is 1. The zero-order valence-corrected chi connectivity index (χ0v) is 10.1. The van der Waals surface area contributed by atoms with E-state index in [0.717, 1.165) is 31.1 Å². The molecule has 0 unspecified atom stereocenters. The second-order valence-electron chi connectivity index (χ2n) is 4.88. The van der Waals surface area contributed by atoms with Crippen molar-refractivity contribution in [2.75, 3.05) is 13.1 Å². The van der Waals surface area contributed by atoms with Crippen molar-refractivity contribution < 1.29 is 4.39 Å². The van der Waals surface area contributed by atoms with Gasteiger partial charge < -0.3 is 0 Å². The Balaban J connectivity index is 2.02. The molecule has 2 nitrogen and oxygen atoms in total. The molecule has 0 aliphatic carbocycles. The number of likely N-dealkylation sites (tertiary alicyclic amines) is 1. The van der Waals surface area contributed by atoms with Crippen molar-refractivity contribution in [2.24, 2.45) is 5.92 Å². The van der Waals surface area contributed by atoms with Crippen molar-refractivity contribution in [1.29, 1.82) is 5.26 Å². The molecule has 0 spiro atoms. The Morgan fingerprint density at radius 3 is 2.76 bits per heavy atom. The highest BCUT2D eigenvalue weighted by Gasteiger charge is 2.16. The summed E-state index contributed by atoms with van der Waals surface area (Å²) >= 11 is 0. The molecule has 1 aromatic carbocycles. The second kappa shape index (κ2) is 5.29. The molecule has 0 N–H and O–H groups in total. The van der Waals surface area contributed by atoms with Crippen LogP contribution in [0.4, 0.5) is 4.39 Å². The van der Waals surface area contributed by atoms with E-state index < -0.39 is 5.82 Å². The third-order valence-electron chi connectivity index (χ3n) is 3.43. The predicted molar refractivity (Wildman–Crippen MR) is 64.8 cm³/mol. The molecular weight excluding hydrogens is 215 g/mol. The molecule has 0 radical (unpaired) electrons. The van der Waals surface area contributed by atoms with E-state index in [2.05, 4.69) is 11.8 Å². The minimum atomic E-state index is -0.427. The highest BCUT2D eigenvalue weighted by molar-refractivity contribution is 5.34. The summed E-state index contributed by atoms with van der Waals surface area (Å²) in [6.45, 7) is 5.30. The maximum absolute atomic E-state index is 13.2. The van der Waals surface area contributed by atoms with Crippen LogP contribution in [0, 0.1) is 23.1 Å². The first-order chi connectivity index (χ1) is 8.19. The van der Waals surface area contributed by atoms with Crippen LogP contribution >= 0.6 is 0 Å². The Bertz CT molecular complexity index is 428. The Morgan fingerprint density at radius 1 is 1.41 bits per heavy atom. The molecule has 0 amide bonds. The molecule has 1 fully saturated rings. The molecule has 3 heteroatoms. The molecule has 1 saturated heterocycles. The van der Waals surface area contributed by atoms with Crippen LogP contribution in [0.25, 0.3) is 0 Å². The van der Waals surface area contributed by atoms with Crippen molar-refractivity contribution in [1.82, 2.24) is 4.90 Å². The Kier molecular flexibility index (Phi) is 3.75. The Morgan fingerprint density at radius 2 is 2.12 bits per heavy atom. The van der Waals surface area contributed by atoms with E-state index >= 15 is 0 Å². The fourth-order valence-electron chi connectivity index (χ4n) is 2.23. The van der Waals surface area contributed by atoms with Gasteiger partial charge in [0.25, 0.3) is 0 Å². The zero-order valence-electron chi connectivity index (χ0n) is 10.1. The molecule has 1 aliphatic heterocycles. The minimum Gasteiger partial charge on any atom is -0.299 e. The molecule has 17 heavy (non-hydrogen) atoms. The van der Waals surface area contributed by atoms with Crippen LogP contribution in [0.2, 0.25) is 0 Å². The minimum absolute atomic E-state index is 0.146. The molecule has 0 bridgehead atoms. The number of rotatable bonds is 2. The van der Waals surface area contributed by atoms with Crippen LogP contribution in [0.15, 0.2) is 18.2 Å². The molecule has 0 aromatic heterocycles. The standard InChI is InChI=1S/C14H17FN2/c1-11-4-6-17(7-5-11)10-12-2-3-14(15)13(8-12)9-16/h2-3,8,11H,4-7,10H2,1H3. The van der Waals surface area contributed by atoms with Gasteiger partial charge in [0, 0.05) is 6.54 Å². The Labute approximate surface area is 102 Å². The van der Waals surface area contributed by atoms with E-state index in [9.17, 15) is 4.39 Å². The van der Waals surface area contributed by atoms with Gasteiger partial charge >= 0.3 is 0 Å². The van der Waals surface area contributed by atoms with Crippen molar-refractivity contribution in [3.05, 3.63) is 35.1 Å². The van der Waals surface area contributed by atoms with Gasteiger partial charge in [-0.2, -0.15) is 5.26 Å². The smallest absolute Gasteiger partial charge is 0.140 e. The number of hydrogen-bond acceptors (Lipinski definition) is 2. The Hall–Kier alpha value is -1.40. The van der Waals surface area contributed by atoms with Crippen molar-refractivity contribution >= 4 is 0 Å². The summed E-state index contributed by atoms with van der Waals surface area (Å²) in [7, 11) is 0. The first kappa shape index (κ1) is 12.1. The maximum Gasteiger partial charge on any atom is 0.140 e. The third-order valence-corrected chi connectivity index (χ3v) is 3.43. The zero-order chi connectivity index (χ0) is 12.3. The van der Waals surface area contributed by atoms with E-state index in [1.807, 2.05) is 6.07 Å². The van der Waals surface area contributed by atoms with Crippen LogP contribution in [0.1, 0.15) is 30.9 Å². The van der Waals surface area contributed by atoms with Gasteiger partial charge in [0.05, 0.1) is 5.56 Å². The lowest BCUT2D eigenvalue weighted by molar-refractivity contribution is 0.185. The monoisotopic (exact) mass is 232 g/mol. The maximum atomic E-state index is 13.2. The van der Waals surface area contributed by atoms with Crippen LogP contribution in [0.5, 0.6) is 0 Å². The molecule has 0 atom stereocenters. The summed E-state index contributed by atoms with van der Waals surface area (Å²) < 4.78 is 13.2. The molecule has 1 heterocycles. The summed E-state index contributed by atoms with van der Waals surface area (Å²) in [5.74, 6) is 0.387. The summed E-state index contributed by atoms with van der Waals surface area (Å²) in [4.78, 5) is 2.37. The molecule has 0 saturated carbocycles. The van der Waals surface area contributed by atoms with Gasteiger partial charge in [0.2, 0.25) is 0 Å². The fourth-order valence-corrected chi connectivity index (χ4v) is 2.23. The fraction of sp³-hybridized carbons (Fsp3) is 0.500. The van der Waals surface area contributed by atoms with Gasteiger partial charge in [-0.3, -0.25) is 4.90 Å². The van der Waals surface area contributed by atoms with E-state index in [-0.39, 0.29) is 5.56 Å². The van der Waals surface area contributed by atoms with Crippen molar-refractivity contribution in [3.63, 3.8) is 0 Å². The van der Waals surface area contributed by atoms with Crippen LogP contribution in [0.3, 0.4) is 0 Å². The number of piperidine rings is 1. The molecular formula is C14H17FN2. The first-order valence-corrected chi connectivity index (χ1v) is 6.10. The SMILES string of the molecule is CC1CCN(Cc2ccc(F)c(C#N)c2)CC1. The van der Waals surface area contributed by atoms with Gasteiger partial charge in [0.15, 0.2) is 0 Å². The average Bonchev–Trinajstić information content (AvgIpc) is 2.34. The van der Waals surface area contributed by atoms with Gasteiger partial charge in [-0.15, -0.1) is 0 Å². The number of nitrogens with zero attached hydrogens (tertiary/aromatic N) is 2. The predicted octanol–water partition coefficient (Wildman–Crippen LogP) is 2.93. The summed E-state index contributed by atoms with van der Waals surface area (Å²) in [6, 6.07) is 6.71. The molecule has 90 valence electrons. The highest BCUT2D eigenvalue weighted by Crippen LogP contribution is 2.19. The quantitative estimate of drug-likeness (QED) is 0.784. The van der Waals surface area contributed by atoms with E-state index in [1.54, 1.807) is 12.1 Å². The van der Waals surface area contributed by atoms with Crippen LogP contribution in [-0.2, 0) is 6.54 Å². The van der Waals surface area contributed by atoms with E-state index in [1.165, 1.54) is 18.9 Å². The summed E-state index contributed by atoms with van der Waals surface area (Å²) in [5.41, 5.74) is 1.17. The molecule has 2 rings (SSSR count). The van der Waals surface area contributed by atoms with Crippen molar-refractivity contribution in [2.45, 2.75) is 26.3 Å². The van der Waals surface area contributed by atoms with Crippen LogP contribution in [-0.4, -0.2) is 18.0 Å². The largest absolute Gasteiger partial charge is 0.299 e. The van der Waals surface area contributed by atoms with Gasteiger partial charge in [-0.25, -0.2) is 4.39 Å². The average molecular weight is 232 g/mol. The van der Waals surface area contributed by atoms with Crippen LogP contribution < -0.4 is 0 Å². The summed E-state index contributed by atoms with van der Waals surface area (Å²) in [6.07, 6.45) is 2.46. The van der Waals surface area contributed by atoms with Crippen molar-refractivity contribution in [3.8, 4) is 6.07 Å². The number of benzene rings is 1. The summed E-state index contributed by atoms with van der Waals surface area (Å²) in [5, 5.41) is 8.78. The third kappa shape index (κ3) is 3.04. The normalized spacial score (nSPS) is 17.9. The number of halogens is 1. The van der Waals surface area contributed by atoms with E-state index in [4.69, 9.17) is 5.26 Å². The highest BCUT2D eigenvalue weighted by atomic mass is 19.1.